The number of aromatic nitrogens is 1. The fourth-order valence-electron chi connectivity index (χ4n) is 2.25. The summed E-state index contributed by atoms with van der Waals surface area (Å²) in [7, 11) is 0. The maximum atomic E-state index is 12.0. The van der Waals surface area contributed by atoms with Gasteiger partial charge in [-0.2, -0.15) is 0 Å². The normalized spacial score (nSPS) is 11.0. The number of ether oxygens (including phenoxy) is 1. The van der Waals surface area contributed by atoms with Gasteiger partial charge in [0.2, 0.25) is 0 Å². The van der Waals surface area contributed by atoms with Crippen LogP contribution < -0.4 is 16.1 Å². The van der Waals surface area contributed by atoms with E-state index in [0.29, 0.717) is 26.7 Å². The maximum absolute atomic E-state index is 12.0. The third kappa shape index (κ3) is 3.36. The molecule has 0 radical (unpaired) electrons. The summed E-state index contributed by atoms with van der Waals surface area (Å²) < 4.78 is 12.4. The Morgan fingerprint density at radius 3 is 2.75 bits per heavy atom. The highest BCUT2D eigenvalue weighted by Crippen LogP contribution is 2.31. The molecule has 2 aromatic carbocycles. The SMILES string of the molecule is O=c1oc(=O)n(CCOc2cccc(Cl)c2Cl)c2ccc(Br)cc12. The van der Waals surface area contributed by atoms with Crippen LogP contribution in [0.3, 0.4) is 0 Å². The quantitative estimate of drug-likeness (QED) is 0.625. The largest absolute Gasteiger partial charge is 0.490 e. The van der Waals surface area contributed by atoms with E-state index in [1.165, 1.54) is 4.57 Å². The van der Waals surface area contributed by atoms with E-state index in [1.54, 1.807) is 36.4 Å². The van der Waals surface area contributed by atoms with Gasteiger partial charge in [-0.25, -0.2) is 9.59 Å². The van der Waals surface area contributed by atoms with Gasteiger partial charge in [0.1, 0.15) is 17.4 Å². The molecule has 0 fully saturated rings. The first-order chi connectivity index (χ1) is 11.5. The molecule has 0 spiro atoms. The van der Waals surface area contributed by atoms with Gasteiger partial charge in [-0.3, -0.25) is 4.57 Å². The zero-order valence-electron chi connectivity index (χ0n) is 12.1. The van der Waals surface area contributed by atoms with Gasteiger partial charge in [0, 0.05) is 4.47 Å². The third-order valence-electron chi connectivity index (χ3n) is 3.36. The van der Waals surface area contributed by atoms with Gasteiger partial charge in [-0.1, -0.05) is 45.2 Å². The summed E-state index contributed by atoms with van der Waals surface area (Å²) in [6.07, 6.45) is 0. The van der Waals surface area contributed by atoms with Crippen molar-refractivity contribution in [3.63, 3.8) is 0 Å². The molecule has 0 aliphatic heterocycles. The van der Waals surface area contributed by atoms with Gasteiger partial charge in [-0.05, 0) is 30.3 Å². The van der Waals surface area contributed by atoms with Crippen molar-refractivity contribution in [3.05, 3.63) is 71.9 Å². The second-order valence-electron chi connectivity index (χ2n) is 4.87. The molecule has 1 heterocycles. The molecular formula is C16H10BrCl2NO4. The van der Waals surface area contributed by atoms with E-state index in [9.17, 15) is 9.59 Å². The minimum atomic E-state index is -0.740. The monoisotopic (exact) mass is 429 g/mol. The first kappa shape index (κ1) is 17.1. The van der Waals surface area contributed by atoms with Crippen LogP contribution in [0.5, 0.6) is 5.75 Å². The highest BCUT2D eigenvalue weighted by Gasteiger charge is 2.11. The van der Waals surface area contributed by atoms with E-state index in [-0.39, 0.29) is 13.2 Å². The molecule has 0 unspecified atom stereocenters. The van der Waals surface area contributed by atoms with Crippen LogP contribution in [0.1, 0.15) is 0 Å². The summed E-state index contributed by atoms with van der Waals surface area (Å²) in [5, 5.41) is 0.997. The minimum Gasteiger partial charge on any atom is -0.490 e. The van der Waals surface area contributed by atoms with E-state index in [0.717, 1.165) is 4.47 Å². The highest BCUT2D eigenvalue weighted by molar-refractivity contribution is 9.10. The molecule has 5 nitrogen and oxygen atoms in total. The van der Waals surface area contributed by atoms with Crippen molar-refractivity contribution in [1.82, 2.24) is 4.57 Å². The second-order valence-corrected chi connectivity index (χ2v) is 6.57. The molecule has 1 aromatic heterocycles. The van der Waals surface area contributed by atoms with E-state index in [4.69, 9.17) is 32.4 Å². The van der Waals surface area contributed by atoms with Crippen LogP contribution in [0.25, 0.3) is 10.9 Å². The molecule has 3 rings (SSSR count). The molecule has 24 heavy (non-hydrogen) atoms. The van der Waals surface area contributed by atoms with Gasteiger partial charge in [-0.15, -0.1) is 0 Å². The number of rotatable bonds is 4. The minimum absolute atomic E-state index is 0.152. The number of halogens is 3. The molecule has 124 valence electrons. The first-order valence-electron chi connectivity index (χ1n) is 6.87. The summed E-state index contributed by atoms with van der Waals surface area (Å²) >= 11 is 15.3. The Hall–Kier alpha value is -1.76. The van der Waals surface area contributed by atoms with Crippen LogP contribution in [0.2, 0.25) is 10.0 Å². The number of nitrogens with zero attached hydrogens (tertiary/aromatic N) is 1. The molecule has 0 N–H and O–H groups in total. The van der Waals surface area contributed by atoms with Crippen molar-refractivity contribution in [2.45, 2.75) is 6.54 Å². The lowest BCUT2D eigenvalue weighted by molar-refractivity contribution is 0.287. The Morgan fingerprint density at radius 2 is 1.96 bits per heavy atom. The summed E-state index contributed by atoms with van der Waals surface area (Å²) in [5.74, 6) is -0.322. The Bertz CT molecular complexity index is 1030. The highest BCUT2D eigenvalue weighted by atomic mass is 79.9. The average molecular weight is 431 g/mol. The van der Waals surface area contributed by atoms with Crippen LogP contribution in [0.15, 0.2) is 54.9 Å². The van der Waals surface area contributed by atoms with Crippen LogP contribution >= 0.6 is 39.1 Å². The number of hydrogen-bond donors (Lipinski definition) is 0. The molecule has 0 aliphatic carbocycles. The summed E-state index contributed by atoms with van der Waals surface area (Å²) in [4.78, 5) is 23.8. The van der Waals surface area contributed by atoms with Crippen LogP contribution in [-0.2, 0) is 6.54 Å². The molecule has 0 aliphatic rings. The first-order valence-corrected chi connectivity index (χ1v) is 8.42. The van der Waals surface area contributed by atoms with Crippen LogP contribution in [-0.4, -0.2) is 11.2 Å². The Kier molecular flexibility index (Phi) is 4.99. The van der Waals surface area contributed by atoms with E-state index in [2.05, 4.69) is 15.9 Å². The van der Waals surface area contributed by atoms with Gasteiger partial charge in [0.15, 0.2) is 0 Å². The second kappa shape index (κ2) is 7.01. The van der Waals surface area contributed by atoms with E-state index >= 15 is 0 Å². The molecule has 0 atom stereocenters. The average Bonchev–Trinajstić information content (AvgIpc) is 2.54. The lowest BCUT2D eigenvalue weighted by Crippen LogP contribution is -2.27. The predicted molar refractivity (Wildman–Crippen MR) is 96.4 cm³/mol. The number of benzene rings is 2. The van der Waals surface area contributed by atoms with Gasteiger partial charge < -0.3 is 9.15 Å². The van der Waals surface area contributed by atoms with E-state index in [1.807, 2.05) is 0 Å². The summed E-state index contributed by atoms with van der Waals surface area (Å²) in [6.45, 7) is 0.336. The van der Waals surface area contributed by atoms with Crippen LogP contribution in [0, 0.1) is 0 Å². The molecule has 0 saturated heterocycles. The zero-order valence-corrected chi connectivity index (χ0v) is 15.2. The number of fused-ring (bicyclic) bond motifs is 1. The Balaban J connectivity index is 1.89. The molecule has 8 heteroatoms. The van der Waals surface area contributed by atoms with Crippen LogP contribution in [0.4, 0.5) is 0 Å². The molecule has 0 saturated carbocycles. The Labute approximate surface area is 154 Å². The summed E-state index contributed by atoms with van der Waals surface area (Å²) in [6, 6.07) is 10.1. The molecular weight excluding hydrogens is 421 g/mol. The summed E-state index contributed by atoms with van der Waals surface area (Å²) in [5.41, 5.74) is -0.202. The van der Waals surface area contributed by atoms with Crippen molar-refractivity contribution in [2.24, 2.45) is 0 Å². The fraction of sp³-hybridized carbons (Fsp3) is 0.125. The smallest absolute Gasteiger partial charge is 0.422 e. The van der Waals surface area contributed by atoms with Crippen molar-refractivity contribution in [1.29, 1.82) is 0 Å². The van der Waals surface area contributed by atoms with Crippen molar-refractivity contribution in [3.8, 4) is 5.75 Å². The molecule has 0 amide bonds. The standard InChI is InChI=1S/C16H10BrCl2NO4/c17-9-4-5-12-10(8-9)15(21)24-16(22)20(12)6-7-23-13-3-1-2-11(18)14(13)19/h1-5,8H,6-7H2. The fourth-order valence-corrected chi connectivity index (χ4v) is 2.96. The third-order valence-corrected chi connectivity index (χ3v) is 4.65. The topological polar surface area (TPSA) is 61.4 Å². The van der Waals surface area contributed by atoms with Crippen molar-refractivity contribution in [2.75, 3.05) is 6.61 Å². The van der Waals surface area contributed by atoms with Crippen molar-refractivity contribution >= 4 is 50.0 Å². The molecule has 0 bridgehead atoms. The maximum Gasteiger partial charge on any atom is 0.422 e. The zero-order chi connectivity index (χ0) is 17.3. The van der Waals surface area contributed by atoms with Crippen molar-refractivity contribution < 1.29 is 9.15 Å². The van der Waals surface area contributed by atoms with Gasteiger partial charge in [0.05, 0.1) is 22.5 Å². The lowest BCUT2D eigenvalue weighted by atomic mass is 10.2. The predicted octanol–water partition coefficient (Wildman–Crippen LogP) is 4.10. The van der Waals surface area contributed by atoms with Gasteiger partial charge >= 0.3 is 11.4 Å². The Morgan fingerprint density at radius 1 is 1.17 bits per heavy atom. The molecule has 3 aromatic rings. The lowest BCUT2D eigenvalue weighted by Gasteiger charge is -2.11. The van der Waals surface area contributed by atoms with E-state index < -0.39 is 11.4 Å². The van der Waals surface area contributed by atoms with Gasteiger partial charge in [0.25, 0.3) is 0 Å². The number of hydrogen-bond acceptors (Lipinski definition) is 4.